The fraction of sp³-hybridized carbons (Fsp3) is 0.458. The molecule has 0 saturated carbocycles. The topological polar surface area (TPSA) is 29.5 Å². The number of benzene rings is 2. The monoisotopic (exact) mass is 363 g/mol. The van der Waals surface area contributed by atoms with Crippen molar-refractivity contribution in [3.8, 4) is 5.75 Å². The van der Waals surface area contributed by atoms with Crippen molar-refractivity contribution in [1.29, 1.82) is 0 Å². The van der Waals surface area contributed by atoms with Crippen LogP contribution in [0.1, 0.15) is 47.7 Å². The predicted molar refractivity (Wildman–Crippen MR) is 108 cm³/mol. The molecular weight excluding hydrogens is 334 g/mol. The van der Waals surface area contributed by atoms with Gasteiger partial charge in [0.1, 0.15) is 5.75 Å². The van der Waals surface area contributed by atoms with E-state index in [0.717, 1.165) is 43.8 Å². The summed E-state index contributed by atoms with van der Waals surface area (Å²) >= 11 is 0. The van der Waals surface area contributed by atoms with Crippen LogP contribution in [-0.4, -0.2) is 30.4 Å². The molecule has 2 aliphatic rings. The van der Waals surface area contributed by atoms with E-state index >= 15 is 0 Å². The van der Waals surface area contributed by atoms with Crippen LogP contribution in [0, 0.1) is 11.8 Å². The number of ether oxygens (including phenoxy) is 1. The molecule has 3 nitrogen and oxygen atoms in total. The minimum absolute atomic E-state index is 0.169. The summed E-state index contributed by atoms with van der Waals surface area (Å²) in [6.45, 7) is 5.98. The summed E-state index contributed by atoms with van der Waals surface area (Å²) < 4.78 is 5.60. The van der Waals surface area contributed by atoms with E-state index in [1.807, 2.05) is 19.1 Å². The number of ketones is 1. The van der Waals surface area contributed by atoms with E-state index in [1.54, 1.807) is 0 Å². The smallest absolute Gasteiger partial charge is 0.166 e. The number of rotatable bonds is 6. The Kier molecular flexibility index (Phi) is 5.58. The molecule has 0 bridgehead atoms. The molecule has 0 N–H and O–H groups in total. The van der Waals surface area contributed by atoms with Gasteiger partial charge in [0, 0.05) is 18.0 Å². The lowest BCUT2D eigenvalue weighted by atomic mass is 9.85. The first-order chi connectivity index (χ1) is 13.2. The summed E-state index contributed by atoms with van der Waals surface area (Å²) in [6, 6.07) is 16.7. The standard InChI is InChI=1S/C24H29NO2/c1-2-27-22-8-9-23-20(16-22)15-21(24(23)26)14-18-10-12-25(13-11-18)17-19-6-4-3-5-7-19/h3-9,16,18,21H,2,10-15,17H2,1H3. The Morgan fingerprint density at radius 1 is 1.07 bits per heavy atom. The Bertz CT molecular complexity index is 778. The Balaban J connectivity index is 1.30. The van der Waals surface area contributed by atoms with Crippen molar-refractivity contribution >= 4 is 5.78 Å². The summed E-state index contributed by atoms with van der Waals surface area (Å²) in [5.41, 5.74) is 3.49. The van der Waals surface area contributed by atoms with E-state index in [1.165, 1.54) is 24.0 Å². The van der Waals surface area contributed by atoms with Gasteiger partial charge in [-0.25, -0.2) is 0 Å². The van der Waals surface area contributed by atoms with Crippen molar-refractivity contribution in [2.24, 2.45) is 11.8 Å². The van der Waals surface area contributed by atoms with Gasteiger partial charge in [0.2, 0.25) is 0 Å². The molecular formula is C24H29NO2. The largest absolute Gasteiger partial charge is 0.494 e. The molecule has 2 aromatic carbocycles. The van der Waals surface area contributed by atoms with Crippen LogP contribution in [0.4, 0.5) is 0 Å². The number of hydrogen-bond donors (Lipinski definition) is 0. The zero-order valence-electron chi connectivity index (χ0n) is 16.2. The lowest BCUT2D eigenvalue weighted by molar-refractivity contribution is 0.0896. The molecule has 1 heterocycles. The first kappa shape index (κ1) is 18.2. The highest BCUT2D eigenvalue weighted by atomic mass is 16.5. The van der Waals surface area contributed by atoms with E-state index in [9.17, 15) is 4.79 Å². The Hall–Kier alpha value is -2.13. The molecule has 1 fully saturated rings. The van der Waals surface area contributed by atoms with Crippen molar-refractivity contribution in [1.82, 2.24) is 4.90 Å². The maximum atomic E-state index is 12.8. The van der Waals surface area contributed by atoms with Crippen LogP contribution in [0.5, 0.6) is 5.75 Å². The molecule has 3 heteroatoms. The summed E-state index contributed by atoms with van der Waals surface area (Å²) in [6.07, 6.45) is 4.34. The predicted octanol–water partition coefficient (Wildman–Crippen LogP) is 4.74. The van der Waals surface area contributed by atoms with Crippen molar-refractivity contribution < 1.29 is 9.53 Å². The second kappa shape index (κ2) is 8.26. The van der Waals surface area contributed by atoms with Gasteiger partial charge in [-0.2, -0.15) is 0 Å². The third-order valence-corrected chi connectivity index (χ3v) is 6.06. The average Bonchev–Trinajstić information content (AvgIpc) is 2.99. The Labute approximate surface area is 162 Å². The molecule has 27 heavy (non-hydrogen) atoms. The van der Waals surface area contributed by atoms with Crippen LogP contribution < -0.4 is 4.74 Å². The molecule has 1 aliphatic carbocycles. The van der Waals surface area contributed by atoms with Gasteiger partial charge in [-0.15, -0.1) is 0 Å². The summed E-state index contributed by atoms with van der Waals surface area (Å²) in [4.78, 5) is 15.3. The number of carbonyl (C=O) groups is 1. The van der Waals surface area contributed by atoms with Crippen LogP contribution in [-0.2, 0) is 13.0 Å². The summed E-state index contributed by atoms with van der Waals surface area (Å²) in [7, 11) is 0. The molecule has 0 amide bonds. The minimum atomic E-state index is 0.169. The normalized spacial score (nSPS) is 20.6. The molecule has 1 aliphatic heterocycles. The maximum Gasteiger partial charge on any atom is 0.166 e. The lowest BCUT2D eigenvalue weighted by Crippen LogP contribution is -2.34. The van der Waals surface area contributed by atoms with Crippen molar-refractivity contribution in [3.63, 3.8) is 0 Å². The fourth-order valence-corrected chi connectivity index (χ4v) is 4.63. The summed E-state index contributed by atoms with van der Waals surface area (Å²) in [5, 5.41) is 0. The van der Waals surface area contributed by atoms with Gasteiger partial charge < -0.3 is 4.74 Å². The number of piperidine rings is 1. The highest BCUT2D eigenvalue weighted by Gasteiger charge is 2.33. The highest BCUT2D eigenvalue weighted by molar-refractivity contribution is 6.02. The molecule has 1 atom stereocenters. The number of carbonyl (C=O) groups excluding carboxylic acids is 1. The quantitative estimate of drug-likeness (QED) is 0.742. The summed E-state index contributed by atoms with van der Waals surface area (Å²) in [5.74, 6) is 2.08. The van der Waals surface area contributed by atoms with E-state index in [0.29, 0.717) is 18.3 Å². The molecule has 2 aromatic rings. The second-order valence-corrected chi connectivity index (χ2v) is 7.96. The first-order valence-electron chi connectivity index (χ1n) is 10.3. The molecule has 4 rings (SSSR count). The first-order valence-corrected chi connectivity index (χ1v) is 10.3. The number of nitrogens with zero attached hydrogens (tertiary/aromatic N) is 1. The van der Waals surface area contributed by atoms with E-state index in [2.05, 4.69) is 41.3 Å². The van der Waals surface area contributed by atoms with Gasteiger partial charge in [0.25, 0.3) is 0 Å². The molecule has 1 unspecified atom stereocenters. The van der Waals surface area contributed by atoms with Crippen molar-refractivity contribution in [2.75, 3.05) is 19.7 Å². The van der Waals surface area contributed by atoms with Gasteiger partial charge in [-0.3, -0.25) is 9.69 Å². The molecule has 1 saturated heterocycles. The van der Waals surface area contributed by atoms with Crippen LogP contribution in [0.2, 0.25) is 0 Å². The molecule has 142 valence electrons. The third-order valence-electron chi connectivity index (χ3n) is 6.06. The van der Waals surface area contributed by atoms with Gasteiger partial charge in [0.15, 0.2) is 5.78 Å². The number of Topliss-reactive ketones (excluding diaryl/α,β-unsaturated/α-hetero) is 1. The third kappa shape index (κ3) is 4.24. The number of hydrogen-bond acceptors (Lipinski definition) is 3. The zero-order valence-corrected chi connectivity index (χ0v) is 16.2. The lowest BCUT2D eigenvalue weighted by Gasteiger charge is -2.32. The number of likely N-dealkylation sites (tertiary alicyclic amines) is 1. The number of fused-ring (bicyclic) bond motifs is 1. The second-order valence-electron chi connectivity index (χ2n) is 7.96. The van der Waals surface area contributed by atoms with Crippen LogP contribution in [0.15, 0.2) is 48.5 Å². The van der Waals surface area contributed by atoms with Crippen molar-refractivity contribution in [2.45, 2.75) is 39.2 Å². The van der Waals surface area contributed by atoms with Crippen LogP contribution in [0.25, 0.3) is 0 Å². The van der Waals surface area contributed by atoms with Crippen LogP contribution in [0.3, 0.4) is 0 Å². The zero-order chi connectivity index (χ0) is 18.6. The van der Waals surface area contributed by atoms with E-state index < -0.39 is 0 Å². The molecule has 0 aromatic heterocycles. The SMILES string of the molecule is CCOc1ccc2c(c1)CC(CC1CCN(Cc3ccccc3)CC1)C2=O. The minimum Gasteiger partial charge on any atom is -0.494 e. The molecule has 0 spiro atoms. The van der Waals surface area contributed by atoms with E-state index in [-0.39, 0.29) is 5.92 Å². The fourth-order valence-electron chi connectivity index (χ4n) is 4.63. The van der Waals surface area contributed by atoms with Gasteiger partial charge >= 0.3 is 0 Å². The van der Waals surface area contributed by atoms with Crippen molar-refractivity contribution in [3.05, 3.63) is 65.2 Å². The highest BCUT2D eigenvalue weighted by Crippen LogP contribution is 2.35. The van der Waals surface area contributed by atoms with Gasteiger partial charge in [-0.05, 0) is 80.9 Å². The van der Waals surface area contributed by atoms with Gasteiger partial charge in [-0.1, -0.05) is 30.3 Å². The van der Waals surface area contributed by atoms with Crippen LogP contribution >= 0.6 is 0 Å². The maximum absolute atomic E-state index is 12.8. The van der Waals surface area contributed by atoms with E-state index in [4.69, 9.17) is 4.74 Å². The Morgan fingerprint density at radius 3 is 2.59 bits per heavy atom. The van der Waals surface area contributed by atoms with Gasteiger partial charge in [0.05, 0.1) is 6.61 Å². The average molecular weight is 364 g/mol. The Morgan fingerprint density at radius 2 is 1.85 bits per heavy atom. The molecule has 0 radical (unpaired) electrons.